The van der Waals surface area contributed by atoms with E-state index in [0.717, 1.165) is 6.07 Å². The van der Waals surface area contributed by atoms with Gasteiger partial charge in [-0.1, -0.05) is 0 Å². The summed E-state index contributed by atoms with van der Waals surface area (Å²) in [6, 6.07) is 4.13. The Morgan fingerprint density at radius 1 is 1.58 bits per heavy atom. The second kappa shape index (κ2) is 7.42. The molecule has 1 aliphatic heterocycles. The van der Waals surface area contributed by atoms with Crippen LogP contribution < -0.4 is 5.32 Å². The smallest absolute Gasteiger partial charge is 0.337 e. The molecular formula is C15H13BrFN3O4. The van der Waals surface area contributed by atoms with E-state index in [1.165, 1.54) is 18.1 Å². The van der Waals surface area contributed by atoms with Crippen LogP contribution in [0.15, 0.2) is 27.9 Å². The molecule has 0 atom stereocenters. The Kier molecular flexibility index (Phi) is 5.54. The van der Waals surface area contributed by atoms with Crippen LogP contribution in [0.2, 0.25) is 0 Å². The number of hydrogen-bond donors (Lipinski definition) is 2. The molecule has 0 fully saturated rings. The summed E-state index contributed by atoms with van der Waals surface area (Å²) in [5, 5.41) is 20.9. The molecule has 0 unspecified atom stereocenters. The van der Waals surface area contributed by atoms with Crippen LogP contribution in [-0.4, -0.2) is 48.7 Å². The summed E-state index contributed by atoms with van der Waals surface area (Å²) in [5.41, 5.74) is 0.146. The average molecular weight is 398 g/mol. The zero-order valence-corrected chi connectivity index (χ0v) is 14.2. The van der Waals surface area contributed by atoms with E-state index in [0.29, 0.717) is 0 Å². The summed E-state index contributed by atoms with van der Waals surface area (Å²) < 4.78 is 18.3. The normalized spacial score (nSPS) is 14.0. The number of nitriles is 1. The molecule has 2 N–H and O–H groups in total. The molecule has 1 aromatic carbocycles. The molecule has 0 saturated heterocycles. The van der Waals surface area contributed by atoms with E-state index < -0.39 is 17.7 Å². The first kappa shape index (κ1) is 17.9. The van der Waals surface area contributed by atoms with Gasteiger partial charge >= 0.3 is 5.97 Å². The molecule has 2 rings (SSSR count). The Balaban J connectivity index is 2.45. The Morgan fingerprint density at radius 2 is 2.29 bits per heavy atom. The SMILES string of the molecule is COC(=O)C1=C(Nc2cc(Br)c(F)cc2C#N)C(=O)N(CCO)C1. The molecule has 0 bridgehead atoms. The maximum Gasteiger partial charge on any atom is 0.337 e. The Hall–Kier alpha value is -2.44. The van der Waals surface area contributed by atoms with Crippen molar-refractivity contribution < 1.29 is 23.8 Å². The van der Waals surface area contributed by atoms with Crippen molar-refractivity contribution >= 4 is 33.5 Å². The van der Waals surface area contributed by atoms with E-state index in [2.05, 4.69) is 26.0 Å². The number of anilines is 1. The number of rotatable bonds is 5. The van der Waals surface area contributed by atoms with Gasteiger partial charge in [0.25, 0.3) is 5.91 Å². The molecule has 0 radical (unpaired) electrons. The maximum absolute atomic E-state index is 13.5. The van der Waals surface area contributed by atoms with Gasteiger partial charge in [0.05, 0.1) is 41.6 Å². The quantitative estimate of drug-likeness (QED) is 0.722. The van der Waals surface area contributed by atoms with Crippen molar-refractivity contribution in [2.75, 3.05) is 32.1 Å². The third-order valence-corrected chi connectivity index (χ3v) is 4.00. The van der Waals surface area contributed by atoms with Crippen molar-refractivity contribution in [1.82, 2.24) is 4.90 Å². The number of amides is 1. The van der Waals surface area contributed by atoms with Gasteiger partial charge in [0.1, 0.15) is 17.6 Å². The van der Waals surface area contributed by atoms with E-state index in [-0.39, 0.29) is 46.7 Å². The van der Waals surface area contributed by atoms with Gasteiger partial charge in [-0.25, -0.2) is 9.18 Å². The highest BCUT2D eigenvalue weighted by Gasteiger charge is 2.34. The number of benzene rings is 1. The van der Waals surface area contributed by atoms with Crippen LogP contribution in [-0.2, 0) is 14.3 Å². The van der Waals surface area contributed by atoms with Gasteiger partial charge in [0.15, 0.2) is 0 Å². The number of carbonyl (C=O) groups is 2. The minimum atomic E-state index is -0.703. The first-order valence-corrected chi connectivity index (χ1v) is 7.60. The second-order valence-electron chi connectivity index (χ2n) is 4.84. The number of halogens is 2. The molecule has 0 aromatic heterocycles. The summed E-state index contributed by atoms with van der Waals surface area (Å²) in [5.74, 6) is -1.85. The van der Waals surface area contributed by atoms with E-state index in [1.54, 1.807) is 0 Å². The van der Waals surface area contributed by atoms with E-state index in [9.17, 15) is 14.0 Å². The van der Waals surface area contributed by atoms with Crippen molar-refractivity contribution in [3.05, 3.63) is 39.3 Å². The highest BCUT2D eigenvalue weighted by Crippen LogP contribution is 2.28. The van der Waals surface area contributed by atoms with Crippen molar-refractivity contribution in [2.45, 2.75) is 0 Å². The molecule has 1 aliphatic rings. The van der Waals surface area contributed by atoms with Crippen molar-refractivity contribution in [2.24, 2.45) is 0 Å². The predicted octanol–water partition coefficient (Wildman–Crippen LogP) is 1.13. The standard InChI is InChI=1S/C15H13BrFN3O4/c1-24-15(23)9-7-20(2-3-21)14(22)13(9)19-12-5-10(16)11(17)4-8(12)6-18/h4-5,19,21H,2-3,7H2,1H3. The Bertz CT molecular complexity index is 773. The predicted molar refractivity (Wildman–Crippen MR) is 85.1 cm³/mol. The molecule has 7 nitrogen and oxygen atoms in total. The fraction of sp³-hybridized carbons (Fsp3) is 0.267. The summed E-state index contributed by atoms with van der Waals surface area (Å²) >= 11 is 3.01. The van der Waals surface area contributed by atoms with Gasteiger partial charge in [-0.05, 0) is 28.1 Å². The Morgan fingerprint density at radius 3 is 2.88 bits per heavy atom. The van der Waals surface area contributed by atoms with Crippen molar-refractivity contribution in [3.8, 4) is 6.07 Å². The van der Waals surface area contributed by atoms with Crippen LogP contribution in [0.5, 0.6) is 0 Å². The summed E-state index contributed by atoms with van der Waals surface area (Å²) in [6.07, 6.45) is 0. The minimum Gasteiger partial charge on any atom is -0.466 e. The third-order valence-electron chi connectivity index (χ3n) is 3.39. The number of aliphatic hydroxyl groups excluding tert-OH is 1. The monoisotopic (exact) mass is 397 g/mol. The molecule has 1 aromatic rings. The number of methoxy groups -OCH3 is 1. The lowest BCUT2D eigenvalue weighted by atomic mass is 10.1. The number of aliphatic hydroxyl groups is 1. The lowest BCUT2D eigenvalue weighted by molar-refractivity contribution is -0.136. The highest BCUT2D eigenvalue weighted by molar-refractivity contribution is 9.10. The van der Waals surface area contributed by atoms with Gasteiger partial charge in [-0.15, -0.1) is 0 Å². The first-order valence-electron chi connectivity index (χ1n) is 6.80. The van der Waals surface area contributed by atoms with Crippen LogP contribution in [0, 0.1) is 17.1 Å². The number of nitrogens with zero attached hydrogens (tertiary/aromatic N) is 2. The van der Waals surface area contributed by atoms with Crippen molar-refractivity contribution in [1.29, 1.82) is 5.26 Å². The number of ether oxygens (including phenoxy) is 1. The van der Waals surface area contributed by atoms with Crippen LogP contribution in [0.1, 0.15) is 5.56 Å². The Labute approximate surface area is 145 Å². The van der Waals surface area contributed by atoms with Crippen LogP contribution >= 0.6 is 15.9 Å². The number of β-amino-alcohol motifs (C(OH)–C–C–N with tert-alkyl or cyclic N) is 1. The number of nitrogens with one attached hydrogen (secondary N) is 1. The molecule has 1 heterocycles. The van der Waals surface area contributed by atoms with Crippen molar-refractivity contribution in [3.63, 3.8) is 0 Å². The fourth-order valence-electron chi connectivity index (χ4n) is 2.23. The number of esters is 1. The zero-order chi connectivity index (χ0) is 17.9. The zero-order valence-electron chi connectivity index (χ0n) is 12.6. The minimum absolute atomic E-state index is 0.0270. The largest absolute Gasteiger partial charge is 0.466 e. The lowest BCUT2D eigenvalue weighted by Gasteiger charge is -2.15. The summed E-state index contributed by atoms with van der Waals surface area (Å²) in [7, 11) is 1.18. The molecule has 9 heteroatoms. The number of carbonyl (C=O) groups excluding carboxylic acids is 2. The van der Waals surface area contributed by atoms with Crippen LogP contribution in [0.4, 0.5) is 10.1 Å². The molecule has 0 saturated carbocycles. The van der Waals surface area contributed by atoms with E-state index >= 15 is 0 Å². The molecule has 0 spiro atoms. The molecule has 1 amide bonds. The first-order chi connectivity index (χ1) is 11.4. The lowest BCUT2D eigenvalue weighted by Crippen LogP contribution is -2.31. The van der Waals surface area contributed by atoms with Crippen LogP contribution in [0.25, 0.3) is 0 Å². The summed E-state index contributed by atoms with van der Waals surface area (Å²) in [6.45, 7) is -0.250. The maximum atomic E-state index is 13.5. The van der Waals surface area contributed by atoms with Crippen LogP contribution in [0.3, 0.4) is 0 Å². The van der Waals surface area contributed by atoms with Gasteiger partial charge in [0.2, 0.25) is 0 Å². The van der Waals surface area contributed by atoms with Gasteiger partial charge in [-0.2, -0.15) is 5.26 Å². The van der Waals surface area contributed by atoms with E-state index in [1.807, 2.05) is 6.07 Å². The van der Waals surface area contributed by atoms with Gasteiger partial charge in [0, 0.05) is 6.54 Å². The topological polar surface area (TPSA) is 103 Å². The molecular weight excluding hydrogens is 385 g/mol. The third kappa shape index (κ3) is 3.39. The molecule has 0 aliphatic carbocycles. The highest BCUT2D eigenvalue weighted by atomic mass is 79.9. The average Bonchev–Trinajstić information content (AvgIpc) is 2.87. The van der Waals surface area contributed by atoms with Gasteiger partial charge in [-0.3, -0.25) is 4.79 Å². The fourth-order valence-corrected chi connectivity index (χ4v) is 2.57. The molecule has 24 heavy (non-hydrogen) atoms. The summed E-state index contributed by atoms with van der Waals surface area (Å²) in [4.78, 5) is 25.6. The van der Waals surface area contributed by atoms with Gasteiger partial charge < -0.3 is 20.1 Å². The van der Waals surface area contributed by atoms with E-state index in [4.69, 9.17) is 10.4 Å². The second-order valence-corrected chi connectivity index (χ2v) is 5.70. The number of hydrogen-bond acceptors (Lipinski definition) is 6. The molecule has 126 valence electrons.